The zero-order valence-electron chi connectivity index (χ0n) is 12.9. The van der Waals surface area contributed by atoms with Crippen molar-refractivity contribution in [3.63, 3.8) is 0 Å². The fraction of sp³-hybridized carbons (Fsp3) is 0.429. The van der Waals surface area contributed by atoms with Gasteiger partial charge in [0.1, 0.15) is 0 Å². The summed E-state index contributed by atoms with van der Waals surface area (Å²) in [6.45, 7) is 1.57. The van der Waals surface area contributed by atoms with Crippen LogP contribution in [0, 0.1) is 0 Å². The van der Waals surface area contributed by atoms with Crippen LogP contribution in [0.2, 0.25) is 0 Å². The first-order valence-electron chi connectivity index (χ1n) is 6.67. The molecule has 1 aromatic rings. The van der Waals surface area contributed by atoms with Gasteiger partial charge in [0.2, 0.25) is 10.0 Å². The van der Waals surface area contributed by atoms with Crippen LogP contribution in [0.15, 0.2) is 24.3 Å². The van der Waals surface area contributed by atoms with Crippen LogP contribution in [0.1, 0.15) is 29.3 Å². The number of ether oxygens (including phenoxy) is 1. The van der Waals surface area contributed by atoms with E-state index in [1.807, 2.05) is 0 Å². The predicted molar refractivity (Wildman–Crippen MR) is 83.3 cm³/mol. The topological polar surface area (TPSA) is 136 Å². The minimum atomic E-state index is -3.71. The third kappa shape index (κ3) is 6.76. The summed E-state index contributed by atoms with van der Waals surface area (Å²) in [4.78, 5) is 23.2. The predicted octanol–water partition coefficient (Wildman–Crippen LogP) is 0.0847. The fourth-order valence-corrected chi connectivity index (χ4v) is 2.81. The molecule has 0 bridgehead atoms. The highest BCUT2D eigenvalue weighted by atomic mass is 32.2. The van der Waals surface area contributed by atoms with Crippen molar-refractivity contribution in [3.8, 4) is 0 Å². The Morgan fingerprint density at radius 3 is 2.57 bits per heavy atom. The van der Waals surface area contributed by atoms with Crippen LogP contribution >= 0.6 is 0 Å². The molecule has 1 rings (SSSR count). The minimum absolute atomic E-state index is 0.0158. The molecule has 23 heavy (non-hydrogen) atoms. The number of nitrogens with two attached hydrogens (primary N) is 1. The lowest BCUT2D eigenvalue weighted by molar-refractivity contribution is -0.139. The van der Waals surface area contributed by atoms with Gasteiger partial charge in [-0.05, 0) is 24.6 Å². The lowest BCUT2D eigenvalue weighted by atomic mass is 9.98. The van der Waals surface area contributed by atoms with Crippen molar-refractivity contribution < 1.29 is 27.9 Å². The van der Waals surface area contributed by atoms with E-state index in [0.717, 1.165) is 0 Å². The van der Waals surface area contributed by atoms with E-state index < -0.39 is 33.2 Å². The second kappa shape index (κ2) is 7.53. The summed E-state index contributed by atoms with van der Waals surface area (Å²) in [6.07, 6.45) is -0.316. The summed E-state index contributed by atoms with van der Waals surface area (Å²) in [5.41, 5.74) is -0.515. The van der Waals surface area contributed by atoms with E-state index >= 15 is 0 Å². The Morgan fingerprint density at radius 2 is 2.04 bits per heavy atom. The Hall–Kier alpha value is -1.97. The third-order valence-corrected chi connectivity index (χ3v) is 3.71. The average Bonchev–Trinajstić information content (AvgIpc) is 2.35. The number of carbonyl (C=O) groups excluding carboxylic acids is 1. The van der Waals surface area contributed by atoms with Gasteiger partial charge in [0.15, 0.2) is 0 Å². The van der Waals surface area contributed by atoms with Crippen LogP contribution < -0.4 is 10.5 Å². The quantitative estimate of drug-likeness (QED) is 0.611. The number of aliphatic carboxylic acids is 1. The van der Waals surface area contributed by atoms with Crippen molar-refractivity contribution in [3.05, 3.63) is 35.4 Å². The number of carbonyl (C=O) groups is 2. The molecule has 0 fully saturated rings. The second-order valence-corrected chi connectivity index (χ2v) is 7.14. The van der Waals surface area contributed by atoms with Gasteiger partial charge in [0.25, 0.3) is 5.91 Å². The highest BCUT2D eigenvalue weighted by Gasteiger charge is 2.30. The highest BCUT2D eigenvalue weighted by molar-refractivity contribution is 7.88. The molecule has 0 aliphatic carbocycles. The summed E-state index contributed by atoms with van der Waals surface area (Å²) < 4.78 is 27.2. The van der Waals surface area contributed by atoms with Crippen molar-refractivity contribution in [1.29, 1.82) is 0 Å². The molecule has 0 radical (unpaired) electrons. The van der Waals surface area contributed by atoms with Crippen molar-refractivity contribution >= 4 is 21.9 Å². The zero-order chi connectivity index (χ0) is 17.7. The molecule has 0 spiro atoms. The van der Waals surface area contributed by atoms with E-state index in [9.17, 15) is 18.0 Å². The molecule has 1 amide bonds. The first kappa shape index (κ1) is 19.1. The monoisotopic (exact) mass is 344 g/mol. The largest absolute Gasteiger partial charge is 0.481 e. The first-order valence-corrected chi connectivity index (χ1v) is 8.39. The van der Waals surface area contributed by atoms with Gasteiger partial charge in [0.05, 0.1) is 24.3 Å². The number of hydrogen-bond donors (Lipinski definition) is 3. The molecule has 0 aliphatic heterocycles. The number of methoxy groups -OCH3 is 1. The molecule has 0 heterocycles. The standard InChI is InChI=1S/C14H20N2O6S/c1-14(9-22-2,7-12(17)18)16-13(19)11-5-3-4-10(6-11)8-23(15,20)21/h3-6H,7-9H2,1-2H3,(H,16,19)(H,17,18)(H2,15,20,21). The summed E-state index contributed by atoms with van der Waals surface area (Å²) in [6, 6.07) is 5.96. The van der Waals surface area contributed by atoms with Gasteiger partial charge in [-0.3, -0.25) is 9.59 Å². The Balaban J connectivity index is 2.95. The van der Waals surface area contributed by atoms with Crippen molar-refractivity contribution in [2.75, 3.05) is 13.7 Å². The number of carboxylic acids is 1. The van der Waals surface area contributed by atoms with E-state index in [1.165, 1.54) is 31.4 Å². The molecule has 8 nitrogen and oxygen atoms in total. The molecule has 0 saturated carbocycles. The van der Waals surface area contributed by atoms with E-state index in [1.54, 1.807) is 6.92 Å². The second-order valence-electron chi connectivity index (χ2n) is 5.53. The number of carboxylic acid groups (broad SMARTS) is 1. The maximum absolute atomic E-state index is 12.3. The maximum Gasteiger partial charge on any atom is 0.305 e. The lowest BCUT2D eigenvalue weighted by Crippen LogP contribution is -2.50. The van der Waals surface area contributed by atoms with Crippen LogP contribution in [-0.2, 0) is 25.3 Å². The number of nitrogens with one attached hydrogen (secondary N) is 1. The van der Waals surface area contributed by atoms with Crippen LogP contribution in [-0.4, -0.2) is 44.7 Å². The number of amides is 1. The highest BCUT2D eigenvalue weighted by Crippen LogP contribution is 2.14. The van der Waals surface area contributed by atoms with Crippen molar-refractivity contribution in [2.24, 2.45) is 5.14 Å². The van der Waals surface area contributed by atoms with Crippen molar-refractivity contribution in [2.45, 2.75) is 24.6 Å². The van der Waals surface area contributed by atoms with Gasteiger partial charge >= 0.3 is 5.97 Å². The van der Waals surface area contributed by atoms with Gasteiger partial charge in [0, 0.05) is 12.7 Å². The summed E-state index contributed by atoms with van der Waals surface area (Å²) in [5, 5.41) is 16.5. The molecule has 4 N–H and O–H groups in total. The molecule has 1 unspecified atom stereocenters. The van der Waals surface area contributed by atoms with Crippen LogP contribution in [0.5, 0.6) is 0 Å². The number of sulfonamides is 1. The van der Waals surface area contributed by atoms with Crippen LogP contribution in [0.3, 0.4) is 0 Å². The smallest absolute Gasteiger partial charge is 0.305 e. The molecule has 1 atom stereocenters. The Labute approximate surface area is 134 Å². The van der Waals surface area contributed by atoms with Crippen LogP contribution in [0.25, 0.3) is 0 Å². The minimum Gasteiger partial charge on any atom is -0.481 e. The van der Waals surface area contributed by atoms with Gasteiger partial charge < -0.3 is 15.2 Å². The molecule has 0 saturated heterocycles. The Bertz CT molecular complexity index is 688. The summed E-state index contributed by atoms with van der Waals surface area (Å²) >= 11 is 0. The maximum atomic E-state index is 12.3. The fourth-order valence-electron chi connectivity index (χ4n) is 2.16. The molecule has 128 valence electrons. The van der Waals surface area contributed by atoms with Gasteiger partial charge in [-0.25, -0.2) is 13.6 Å². The average molecular weight is 344 g/mol. The molecule has 0 aromatic heterocycles. The van der Waals surface area contributed by atoms with Gasteiger partial charge in [-0.15, -0.1) is 0 Å². The normalized spacial score (nSPS) is 14.0. The Morgan fingerprint density at radius 1 is 1.39 bits per heavy atom. The van der Waals surface area contributed by atoms with Crippen LogP contribution in [0.4, 0.5) is 0 Å². The lowest BCUT2D eigenvalue weighted by Gasteiger charge is -2.28. The summed E-state index contributed by atoms with van der Waals surface area (Å²) in [7, 11) is -2.31. The van der Waals surface area contributed by atoms with Gasteiger partial charge in [-0.1, -0.05) is 12.1 Å². The zero-order valence-corrected chi connectivity index (χ0v) is 13.7. The summed E-state index contributed by atoms with van der Waals surface area (Å²) in [5.74, 6) is -1.99. The molecule has 1 aromatic carbocycles. The third-order valence-electron chi connectivity index (χ3n) is 2.98. The molecular formula is C14H20N2O6S. The SMILES string of the molecule is COCC(C)(CC(=O)O)NC(=O)c1cccc(CS(N)(=O)=O)c1. The number of rotatable bonds is 8. The molecule has 0 aliphatic rings. The molecule has 9 heteroatoms. The Kier molecular flexibility index (Phi) is 6.25. The van der Waals surface area contributed by atoms with E-state index in [4.69, 9.17) is 15.0 Å². The number of primary sulfonamides is 1. The molecular weight excluding hydrogens is 324 g/mol. The van der Waals surface area contributed by atoms with E-state index in [2.05, 4.69) is 5.32 Å². The van der Waals surface area contributed by atoms with Gasteiger partial charge in [-0.2, -0.15) is 0 Å². The first-order chi connectivity index (χ1) is 10.5. The van der Waals surface area contributed by atoms with E-state index in [0.29, 0.717) is 5.56 Å². The number of hydrogen-bond acceptors (Lipinski definition) is 5. The van der Waals surface area contributed by atoms with E-state index in [-0.39, 0.29) is 18.6 Å². The van der Waals surface area contributed by atoms with Crippen molar-refractivity contribution in [1.82, 2.24) is 5.32 Å². The number of benzene rings is 1.